The lowest BCUT2D eigenvalue weighted by atomic mass is 9.97. The van der Waals surface area contributed by atoms with E-state index in [9.17, 15) is 4.79 Å². The summed E-state index contributed by atoms with van der Waals surface area (Å²) < 4.78 is 0. The molecule has 35 heavy (non-hydrogen) atoms. The van der Waals surface area contributed by atoms with E-state index in [1.54, 1.807) is 0 Å². The van der Waals surface area contributed by atoms with Gasteiger partial charge >= 0.3 is 0 Å². The van der Waals surface area contributed by atoms with Gasteiger partial charge in [0.15, 0.2) is 0 Å². The first-order chi connectivity index (χ1) is 17.0. The molecule has 1 amide bonds. The average molecular weight is 488 g/mol. The highest BCUT2D eigenvalue weighted by Crippen LogP contribution is 2.38. The predicted molar refractivity (Wildman–Crippen MR) is 143 cm³/mol. The third kappa shape index (κ3) is 4.77. The molecule has 0 spiro atoms. The Kier molecular flexibility index (Phi) is 6.75. The third-order valence-electron chi connectivity index (χ3n) is 6.89. The summed E-state index contributed by atoms with van der Waals surface area (Å²) in [6.07, 6.45) is 4.59. The number of piperazine rings is 1. The first-order valence-corrected chi connectivity index (χ1v) is 12.4. The zero-order valence-electron chi connectivity index (χ0n) is 19.9. The third-order valence-corrected chi connectivity index (χ3v) is 7.14. The number of hydrogen-bond acceptors (Lipinski definition) is 4. The van der Waals surface area contributed by atoms with Crippen molar-refractivity contribution in [3.05, 3.63) is 83.1 Å². The Bertz CT molecular complexity index is 1310. The summed E-state index contributed by atoms with van der Waals surface area (Å²) in [5.41, 5.74) is 12.6. The number of benzene rings is 2. The number of hydrogen-bond donors (Lipinski definition) is 2. The maximum absolute atomic E-state index is 13.3. The monoisotopic (exact) mass is 487 g/mol. The highest BCUT2D eigenvalue weighted by molar-refractivity contribution is 6.30. The Balaban J connectivity index is 1.36. The van der Waals surface area contributed by atoms with Crippen LogP contribution in [-0.4, -0.2) is 53.5 Å². The summed E-state index contributed by atoms with van der Waals surface area (Å²) in [6, 6.07) is 18.0. The molecule has 0 radical (unpaired) electrons. The number of carbonyl (C=O) groups excluding carboxylic acids is 1. The van der Waals surface area contributed by atoms with E-state index in [2.05, 4.69) is 46.1 Å². The summed E-state index contributed by atoms with van der Waals surface area (Å²) >= 11 is 6.01. The Labute approximate surface area is 210 Å². The van der Waals surface area contributed by atoms with Gasteiger partial charge in [0.2, 0.25) is 5.91 Å². The van der Waals surface area contributed by atoms with E-state index in [1.165, 1.54) is 11.3 Å². The van der Waals surface area contributed by atoms with Crippen molar-refractivity contribution in [1.82, 2.24) is 14.9 Å². The van der Waals surface area contributed by atoms with Crippen molar-refractivity contribution in [2.45, 2.75) is 13.3 Å². The number of aromatic amines is 1. The predicted octanol–water partition coefficient (Wildman–Crippen LogP) is 4.66. The van der Waals surface area contributed by atoms with Crippen LogP contribution in [0.2, 0.25) is 5.02 Å². The van der Waals surface area contributed by atoms with Crippen LogP contribution in [-0.2, 0) is 11.2 Å². The number of aromatic nitrogens is 2. The Morgan fingerprint density at radius 1 is 1.09 bits per heavy atom. The number of rotatable bonds is 6. The molecule has 1 saturated heterocycles. The average Bonchev–Trinajstić information content (AvgIpc) is 3.28. The molecule has 7 heteroatoms. The molecule has 5 rings (SSSR count). The minimum Gasteiger partial charge on any atom is -0.367 e. The Morgan fingerprint density at radius 2 is 1.80 bits per heavy atom. The normalized spacial score (nSPS) is 14.9. The van der Waals surface area contributed by atoms with E-state index in [1.807, 2.05) is 47.6 Å². The van der Waals surface area contributed by atoms with Crippen molar-refractivity contribution in [2.75, 3.05) is 37.6 Å². The van der Waals surface area contributed by atoms with E-state index in [0.717, 1.165) is 40.8 Å². The number of nitrogens with zero attached hydrogens (tertiary/aromatic N) is 3. The Hall–Kier alpha value is -3.35. The summed E-state index contributed by atoms with van der Waals surface area (Å²) in [5.74, 6) is -0.106. The van der Waals surface area contributed by atoms with E-state index in [0.29, 0.717) is 31.1 Å². The topological polar surface area (TPSA) is 78.2 Å². The van der Waals surface area contributed by atoms with Crippen LogP contribution < -0.4 is 10.6 Å². The van der Waals surface area contributed by atoms with Crippen LogP contribution >= 0.6 is 11.6 Å². The van der Waals surface area contributed by atoms with Gasteiger partial charge in [-0.25, -0.2) is 4.98 Å². The Morgan fingerprint density at radius 3 is 2.49 bits per heavy atom. The zero-order chi connectivity index (χ0) is 24.4. The van der Waals surface area contributed by atoms with Gasteiger partial charge in [0, 0.05) is 61.1 Å². The van der Waals surface area contributed by atoms with Crippen LogP contribution in [0.3, 0.4) is 0 Å². The van der Waals surface area contributed by atoms with E-state index >= 15 is 0 Å². The highest BCUT2D eigenvalue weighted by Gasteiger charge is 2.29. The first kappa shape index (κ1) is 23.4. The van der Waals surface area contributed by atoms with Crippen molar-refractivity contribution in [3.8, 4) is 11.1 Å². The maximum atomic E-state index is 13.3. The lowest BCUT2D eigenvalue weighted by molar-refractivity contribution is -0.135. The lowest BCUT2D eigenvalue weighted by Gasteiger charge is -2.38. The van der Waals surface area contributed by atoms with Crippen molar-refractivity contribution in [2.24, 2.45) is 11.7 Å². The quantitative estimate of drug-likeness (QED) is 0.414. The summed E-state index contributed by atoms with van der Waals surface area (Å²) in [6.45, 7) is 5.28. The van der Waals surface area contributed by atoms with Crippen LogP contribution in [0.4, 0.5) is 5.69 Å². The number of amides is 1. The molecule has 180 valence electrons. The molecule has 3 heterocycles. The van der Waals surface area contributed by atoms with Gasteiger partial charge in [-0.15, -0.1) is 0 Å². The van der Waals surface area contributed by atoms with Crippen molar-refractivity contribution in [3.63, 3.8) is 0 Å². The number of H-pyrrole nitrogens is 1. The number of pyridine rings is 1. The molecule has 2 aromatic heterocycles. The molecule has 1 aliphatic rings. The van der Waals surface area contributed by atoms with Crippen molar-refractivity contribution in [1.29, 1.82) is 0 Å². The fraction of sp³-hybridized carbons (Fsp3) is 0.286. The molecule has 0 bridgehead atoms. The van der Waals surface area contributed by atoms with Gasteiger partial charge in [0.25, 0.3) is 0 Å². The van der Waals surface area contributed by atoms with Gasteiger partial charge in [0.05, 0.1) is 11.6 Å². The molecule has 3 N–H and O–H groups in total. The molecule has 0 aliphatic carbocycles. The SMILES string of the molecule is Cc1c[nH]c2ncc(-c3ccccc3)c(N3CCN(C(=O)[C@H](CN)Cc4ccc(Cl)cc4)CC3)c12. The van der Waals surface area contributed by atoms with Gasteiger partial charge in [-0.1, -0.05) is 54.1 Å². The van der Waals surface area contributed by atoms with Crippen LogP contribution in [0.25, 0.3) is 22.2 Å². The standard InChI is InChI=1S/C28H30ClN5O/c1-19-17-31-27-25(19)26(24(18-32-27)21-5-3-2-4-6-21)33-11-13-34(14-12-33)28(35)22(16-30)15-20-7-9-23(29)10-8-20/h2-10,17-18,22H,11-16,30H2,1H3,(H,31,32)/t22-/m0/s1. The minimum absolute atomic E-state index is 0.128. The lowest BCUT2D eigenvalue weighted by Crippen LogP contribution is -2.51. The maximum Gasteiger partial charge on any atom is 0.227 e. The second-order valence-corrected chi connectivity index (χ2v) is 9.59. The van der Waals surface area contributed by atoms with Crippen LogP contribution in [0.15, 0.2) is 67.0 Å². The minimum atomic E-state index is -0.234. The molecular formula is C28H30ClN5O. The number of aryl methyl sites for hydroxylation is 1. The second kappa shape index (κ2) is 10.1. The van der Waals surface area contributed by atoms with Gasteiger partial charge in [-0.05, 0) is 42.2 Å². The number of halogens is 1. The fourth-order valence-corrected chi connectivity index (χ4v) is 5.10. The molecule has 1 fully saturated rings. The smallest absolute Gasteiger partial charge is 0.227 e. The number of carbonyl (C=O) groups is 1. The van der Waals surface area contributed by atoms with E-state index < -0.39 is 0 Å². The number of fused-ring (bicyclic) bond motifs is 1. The molecule has 0 unspecified atom stereocenters. The number of nitrogens with one attached hydrogen (secondary N) is 1. The van der Waals surface area contributed by atoms with Crippen LogP contribution in [0.5, 0.6) is 0 Å². The molecule has 1 atom stereocenters. The van der Waals surface area contributed by atoms with Crippen molar-refractivity contribution >= 4 is 34.2 Å². The van der Waals surface area contributed by atoms with Gasteiger partial charge in [-0.3, -0.25) is 4.79 Å². The summed E-state index contributed by atoms with van der Waals surface area (Å²) in [7, 11) is 0. The summed E-state index contributed by atoms with van der Waals surface area (Å²) in [4.78, 5) is 25.7. The second-order valence-electron chi connectivity index (χ2n) is 9.16. The van der Waals surface area contributed by atoms with E-state index in [4.69, 9.17) is 17.3 Å². The van der Waals surface area contributed by atoms with Gasteiger partial charge in [0.1, 0.15) is 5.65 Å². The number of anilines is 1. The molecule has 2 aromatic carbocycles. The van der Waals surface area contributed by atoms with Gasteiger partial charge in [-0.2, -0.15) is 0 Å². The molecule has 1 aliphatic heterocycles. The van der Waals surface area contributed by atoms with Gasteiger partial charge < -0.3 is 20.5 Å². The van der Waals surface area contributed by atoms with Crippen molar-refractivity contribution < 1.29 is 4.79 Å². The summed E-state index contributed by atoms with van der Waals surface area (Å²) in [5, 5.41) is 1.84. The van der Waals surface area contributed by atoms with E-state index in [-0.39, 0.29) is 11.8 Å². The van der Waals surface area contributed by atoms with Crippen LogP contribution in [0, 0.1) is 12.8 Å². The largest absolute Gasteiger partial charge is 0.367 e. The number of nitrogens with two attached hydrogens (primary N) is 1. The molecular weight excluding hydrogens is 458 g/mol. The molecule has 4 aromatic rings. The molecule has 0 saturated carbocycles. The fourth-order valence-electron chi connectivity index (χ4n) is 4.98. The molecule has 6 nitrogen and oxygen atoms in total. The zero-order valence-corrected chi connectivity index (χ0v) is 20.6. The van der Waals surface area contributed by atoms with Crippen LogP contribution in [0.1, 0.15) is 11.1 Å². The first-order valence-electron chi connectivity index (χ1n) is 12.1. The highest BCUT2D eigenvalue weighted by atomic mass is 35.5.